The molecule has 1 amide bonds. The summed E-state index contributed by atoms with van der Waals surface area (Å²) in [6.45, 7) is 6.27. The first-order valence-electron chi connectivity index (χ1n) is 15.9. The number of fused-ring (bicyclic) bond motifs is 1. The summed E-state index contributed by atoms with van der Waals surface area (Å²) >= 11 is 0. The molecule has 0 fully saturated rings. The summed E-state index contributed by atoms with van der Waals surface area (Å²) in [6, 6.07) is 30.9. The molecule has 11 nitrogen and oxygen atoms in total. The van der Waals surface area contributed by atoms with E-state index in [4.69, 9.17) is 10.1 Å². The maximum absolute atomic E-state index is 13.9. The fourth-order valence-electron chi connectivity index (χ4n) is 6.36. The minimum atomic E-state index is -0.746. The fourth-order valence-corrected chi connectivity index (χ4v) is 6.36. The van der Waals surface area contributed by atoms with Crippen LogP contribution in [0.25, 0.3) is 28.4 Å². The van der Waals surface area contributed by atoms with E-state index in [2.05, 4.69) is 56.4 Å². The van der Waals surface area contributed by atoms with Crippen molar-refractivity contribution in [3.8, 4) is 22.8 Å². The molecule has 0 aliphatic heterocycles. The second-order valence-electron chi connectivity index (χ2n) is 11.9. The van der Waals surface area contributed by atoms with E-state index in [1.807, 2.05) is 87.2 Å². The molecule has 0 unspecified atom stereocenters. The lowest BCUT2D eigenvalue weighted by molar-refractivity contribution is -0.118. The average molecular weight is 638 g/mol. The van der Waals surface area contributed by atoms with Crippen LogP contribution in [0.3, 0.4) is 0 Å². The molecule has 0 bridgehead atoms. The molecule has 7 aromatic rings. The Hall–Kier alpha value is -6.10. The van der Waals surface area contributed by atoms with Crippen LogP contribution in [0.5, 0.6) is 0 Å². The Morgan fingerprint density at radius 2 is 1.44 bits per heavy atom. The van der Waals surface area contributed by atoms with Crippen LogP contribution in [-0.4, -0.2) is 50.9 Å². The topological polar surface area (TPSA) is 117 Å². The number of imidazole rings is 2. The number of hydrogen-bond acceptors (Lipinski definition) is 6. The van der Waals surface area contributed by atoms with Crippen LogP contribution in [0.4, 0.5) is 0 Å². The van der Waals surface area contributed by atoms with Gasteiger partial charge in [0.05, 0.1) is 30.8 Å². The molecule has 1 N–H and O–H groups in total. The summed E-state index contributed by atoms with van der Waals surface area (Å²) in [5.41, 5.74) is 4.27. The Morgan fingerprint density at radius 3 is 2.00 bits per heavy atom. The molecule has 0 aliphatic carbocycles. The Morgan fingerprint density at radius 1 is 0.833 bits per heavy atom. The fraction of sp³-hybridized carbons (Fsp3) is 0.189. The normalized spacial score (nSPS) is 11.8. The molecular formula is C37H35N9O2. The molecule has 0 spiro atoms. The van der Waals surface area contributed by atoms with Crippen molar-refractivity contribution in [3.63, 3.8) is 0 Å². The van der Waals surface area contributed by atoms with Gasteiger partial charge >= 0.3 is 0 Å². The number of carbonyl (C=O) groups is 1. The van der Waals surface area contributed by atoms with Crippen LogP contribution in [0, 0.1) is 0 Å². The van der Waals surface area contributed by atoms with E-state index in [0.29, 0.717) is 35.9 Å². The number of aromatic nitrogens is 8. The van der Waals surface area contributed by atoms with E-state index >= 15 is 0 Å². The third-order valence-electron chi connectivity index (χ3n) is 8.50. The lowest BCUT2D eigenvalue weighted by Gasteiger charge is -2.37. The molecule has 48 heavy (non-hydrogen) atoms. The van der Waals surface area contributed by atoms with E-state index < -0.39 is 5.54 Å². The number of carbonyl (C=O) groups excluding carboxylic acids is 1. The highest BCUT2D eigenvalue weighted by atomic mass is 16.1. The summed E-state index contributed by atoms with van der Waals surface area (Å²) in [5.74, 6) is 0.353. The van der Waals surface area contributed by atoms with Crippen molar-refractivity contribution in [2.24, 2.45) is 0 Å². The van der Waals surface area contributed by atoms with E-state index in [1.54, 1.807) is 26.2 Å². The first-order chi connectivity index (χ1) is 23.4. The highest BCUT2D eigenvalue weighted by molar-refractivity contribution is 5.72. The van der Waals surface area contributed by atoms with Gasteiger partial charge in [-0.25, -0.2) is 14.5 Å². The number of hydrogen-bond donors (Lipinski definition) is 1. The quantitative estimate of drug-likeness (QED) is 0.207. The maximum Gasteiger partial charge on any atom is 0.297 e. The minimum absolute atomic E-state index is 0.105. The molecular weight excluding hydrogens is 602 g/mol. The monoisotopic (exact) mass is 637 g/mol. The van der Waals surface area contributed by atoms with Gasteiger partial charge in [0.15, 0.2) is 5.82 Å². The Balaban J connectivity index is 1.39. The second kappa shape index (κ2) is 12.6. The Labute approximate surface area is 277 Å². The summed E-state index contributed by atoms with van der Waals surface area (Å²) in [4.78, 5) is 34.7. The molecule has 0 atom stereocenters. The van der Waals surface area contributed by atoms with E-state index in [9.17, 15) is 9.59 Å². The van der Waals surface area contributed by atoms with Gasteiger partial charge in [0.25, 0.3) is 5.56 Å². The average Bonchev–Trinajstić information content (AvgIpc) is 3.87. The van der Waals surface area contributed by atoms with Gasteiger partial charge in [0.2, 0.25) is 11.6 Å². The zero-order chi connectivity index (χ0) is 33.3. The van der Waals surface area contributed by atoms with Gasteiger partial charge in [0, 0.05) is 31.9 Å². The number of nitrogens with zero attached hydrogens (tertiary/aromatic N) is 8. The summed E-state index contributed by atoms with van der Waals surface area (Å²) in [5, 5.41) is 12.2. The van der Waals surface area contributed by atoms with Crippen LogP contribution in [-0.2, 0) is 16.9 Å². The molecule has 3 aromatic carbocycles. The van der Waals surface area contributed by atoms with Gasteiger partial charge in [-0.05, 0) is 30.5 Å². The van der Waals surface area contributed by atoms with Gasteiger partial charge < -0.3 is 9.88 Å². The molecule has 0 saturated heterocycles. The first kappa shape index (κ1) is 30.5. The molecule has 4 heterocycles. The molecule has 4 aromatic heterocycles. The van der Waals surface area contributed by atoms with E-state index in [-0.39, 0.29) is 23.2 Å². The van der Waals surface area contributed by atoms with Crippen molar-refractivity contribution in [2.75, 3.05) is 6.54 Å². The summed E-state index contributed by atoms with van der Waals surface area (Å²) < 4.78 is 7.05. The standard InChI is InChI=1S/C37H35N9O2/c1-26(2)45-34(28-21-41-44(23-28)20-19-38-27(3)47)42-46-33(22-39-35(46)36(45)48)32-24-43(25-40-32)37(29-13-7-4-8-14-29,30-15-9-5-10-16-30)31-17-11-6-12-18-31/h4-18,21-26H,19-20H2,1-3H3,(H,38,47). The predicted octanol–water partition coefficient (Wildman–Crippen LogP) is 5.18. The smallest absolute Gasteiger partial charge is 0.297 e. The number of benzene rings is 3. The Bertz CT molecular complexity index is 2150. The van der Waals surface area contributed by atoms with Gasteiger partial charge in [0.1, 0.15) is 16.9 Å². The first-order valence-corrected chi connectivity index (χ1v) is 15.9. The molecule has 240 valence electrons. The van der Waals surface area contributed by atoms with E-state index in [1.165, 1.54) is 6.92 Å². The number of rotatable bonds is 10. The third-order valence-corrected chi connectivity index (χ3v) is 8.50. The zero-order valence-corrected chi connectivity index (χ0v) is 26.9. The highest BCUT2D eigenvalue weighted by Crippen LogP contribution is 2.41. The maximum atomic E-state index is 13.9. The predicted molar refractivity (Wildman–Crippen MR) is 183 cm³/mol. The van der Waals surface area contributed by atoms with Crippen molar-refractivity contribution >= 4 is 11.6 Å². The zero-order valence-electron chi connectivity index (χ0n) is 26.9. The summed E-state index contributed by atoms with van der Waals surface area (Å²) in [6.07, 6.45) is 8.98. The van der Waals surface area contributed by atoms with Crippen molar-refractivity contribution in [3.05, 3.63) is 149 Å². The Kier molecular flexibility index (Phi) is 8.02. The van der Waals surface area contributed by atoms with Gasteiger partial charge in [-0.1, -0.05) is 91.0 Å². The largest absolute Gasteiger partial charge is 0.354 e. The van der Waals surface area contributed by atoms with E-state index in [0.717, 1.165) is 16.7 Å². The number of amides is 1. The molecule has 11 heteroatoms. The van der Waals surface area contributed by atoms with Gasteiger partial charge in [-0.15, -0.1) is 5.10 Å². The number of nitrogens with one attached hydrogen (secondary N) is 1. The molecule has 0 saturated carbocycles. The summed E-state index contributed by atoms with van der Waals surface area (Å²) in [7, 11) is 0. The van der Waals surface area contributed by atoms with Gasteiger partial charge in [-0.2, -0.15) is 5.10 Å². The molecule has 7 rings (SSSR count). The van der Waals surface area contributed by atoms with Crippen LogP contribution in [0.2, 0.25) is 0 Å². The third kappa shape index (κ3) is 5.28. The second-order valence-corrected chi connectivity index (χ2v) is 11.9. The van der Waals surface area contributed by atoms with Crippen molar-refractivity contribution < 1.29 is 4.79 Å². The van der Waals surface area contributed by atoms with Crippen molar-refractivity contribution in [1.29, 1.82) is 0 Å². The van der Waals surface area contributed by atoms with Crippen LogP contribution in [0.1, 0.15) is 43.5 Å². The lowest BCUT2D eigenvalue weighted by atomic mass is 9.77. The van der Waals surface area contributed by atoms with Crippen LogP contribution < -0.4 is 10.9 Å². The van der Waals surface area contributed by atoms with Crippen molar-refractivity contribution in [2.45, 2.75) is 38.9 Å². The van der Waals surface area contributed by atoms with Crippen molar-refractivity contribution in [1.82, 2.24) is 43.8 Å². The van der Waals surface area contributed by atoms with Gasteiger partial charge in [-0.3, -0.25) is 18.8 Å². The van der Waals surface area contributed by atoms with Crippen LogP contribution in [0.15, 0.2) is 127 Å². The highest BCUT2D eigenvalue weighted by Gasteiger charge is 2.38. The molecule has 0 aliphatic rings. The molecule has 0 radical (unpaired) electrons. The van der Waals surface area contributed by atoms with Crippen LogP contribution >= 0.6 is 0 Å². The SMILES string of the molecule is CC(=O)NCCn1cc(-c2nn3c(-c4cn(C(c5ccccc5)(c5ccccc5)c5ccccc5)cn4)cnc3c(=O)n2C(C)C)cn1. The lowest BCUT2D eigenvalue weighted by Crippen LogP contribution is -2.36. The minimum Gasteiger partial charge on any atom is -0.354 e.